The van der Waals surface area contributed by atoms with Crippen LogP contribution in [-0.4, -0.2) is 9.78 Å². The van der Waals surface area contributed by atoms with Gasteiger partial charge >= 0.3 is 0 Å². The first-order valence-corrected chi connectivity index (χ1v) is 6.62. The molecule has 0 aliphatic carbocycles. The summed E-state index contributed by atoms with van der Waals surface area (Å²) in [5.41, 5.74) is 4.06. The molecule has 0 radical (unpaired) electrons. The Labute approximate surface area is 109 Å². The van der Waals surface area contributed by atoms with Crippen molar-refractivity contribution < 1.29 is 0 Å². The van der Waals surface area contributed by atoms with Crippen molar-refractivity contribution in [3.63, 3.8) is 0 Å². The largest absolute Gasteiger partial charge is 0.308 e. The van der Waals surface area contributed by atoms with Crippen molar-refractivity contribution in [3.05, 3.63) is 53.3 Å². The molecule has 0 atom stereocenters. The molecule has 2 rings (SSSR count). The van der Waals surface area contributed by atoms with Crippen LogP contribution >= 0.6 is 0 Å². The molecule has 1 aromatic heterocycles. The van der Waals surface area contributed by atoms with E-state index in [0.717, 1.165) is 26.1 Å². The lowest BCUT2D eigenvalue weighted by Crippen LogP contribution is -2.13. The minimum Gasteiger partial charge on any atom is -0.308 e. The van der Waals surface area contributed by atoms with Gasteiger partial charge in [0.15, 0.2) is 0 Å². The van der Waals surface area contributed by atoms with Gasteiger partial charge in [-0.1, -0.05) is 31.2 Å². The van der Waals surface area contributed by atoms with Crippen LogP contribution in [0.15, 0.2) is 36.7 Å². The molecule has 0 unspecified atom stereocenters. The predicted molar refractivity (Wildman–Crippen MR) is 74.3 cm³/mol. The summed E-state index contributed by atoms with van der Waals surface area (Å²) in [7, 11) is 0. The second kappa shape index (κ2) is 6.36. The van der Waals surface area contributed by atoms with E-state index in [4.69, 9.17) is 0 Å². The van der Waals surface area contributed by atoms with Crippen LogP contribution in [0.2, 0.25) is 0 Å². The normalized spacial score (nSPS) is 10.8. The minimum atomic E-state index is 0.873. The fourth-order valence-corrected chi connectivity index (χ4v) is 2.09. The molecule has 0 spiro atoms. The molecule has 18 heavy (non-hydrogen) atoms. The van der Waals surface area contributed by atoms with E-state index in [-0.39, 0.29) is 0 Å². The van der Waals surface area contributed by atoms with Crippen LogP contribution < -0.4 is 5.32 Å². The van der Waals surface area contributed by atoms with Crippen molar-refractivity contribution in [1.29, 1.82) is 0 Å². The molecule has 0 amide bonds. The summed E-state index contributed by atoms with van der Waals surface area (Å²) in [6.45, 7) is 7.02. The Balaban J connectivity index is 1.88. The quantitative estimate of drug-likeness (QED) is 0.845. The van der Waals surface area contributed by atoms with Gasteiger partial charge in [0.05, 0.1) is 6.20 Å². The van der Waals surface area contributed by atoms with Crippen molar-refractivity contribution in [2.45, 2.75) is 39.9 Å². The summed E-state index contributed by atoms with van der Waals surface area (Å²) >= 11 is 0. The molecular weight excluding hydrogens is 222 g/mol. The maximum atomic E-state index is 4.27. The van der Waals surface area contributed by atoms with E-state index in [2.05, 4.69) is 54.7 Å². The number of benzene rings is 1. The highest BCUT2D eigenvalue weighted by Crippen LogP contribution is 2.09. The van der Waals surface area contributed by atoms with E-state index >= 15 is 0 Å². The molecule has 3 heteroatoms. The maximum absolute atomic E-state index is 4.27. The summed E-state index contributed by atoms with van der Waals surface area (Å²) in [5.74, 6) is 0. The number of aryl methyl sites for hydroxylation is 2. The lowest BCUT2D eigenvalue weighted by molar-refractivity contribution is 0.655. The summed E-state index contributed by atoms with van der Waals surface area (Å²) < 4.78 is 1.96. The van der Waals surface area contributed by atoms with E-state index < -0.39 is 0 Å². The van der Waals surface area contributed by atoms with Gasteiger partial charge in [-0.3, -0.25) is 4.68 Å². The molecule has 0 saturated carbocycles. The number of hydrogen-bond acceptors (Lipinski definition) is 2. The van der Waals surface area contributed by atoms with E-state index in [1.807, 2.05) is 10.9 Å². The van der Waals surface area contributed by atoms with Crippen molar-refractivity contribution in [3.8, 4) is 0 Å². The zero-order valence-corrected chi connectivity index (χ0v) is 11.2. The lowest BCUT2D eigenvalue weighted by atomic mass is 10.1. The Hall–Kier alpha value is -1.61. The molecule has 0 fully saturated rings. The minimum absolute atomic E-state index is 0.873. The van der Waals surface area contributed by atoms with Crippen molar-refractivity contribution in [2.24, 2.45) is 0 Å². The van der Waals surface area contributed by atoms with Crippen LogP contribution in [0.5, 0.6) is 0 Å². The van der Waals surface area contributed by atoms with Gasteiger partial charge in [-0.25, -0.2) is 0 Å². The summed E-state index contributed by atoms with van der Waals surface area (Å²) in [6, 6.07) is 8.60. The van der Waals surface area contributed by atoms with Crippen molar-refractivity contribution in [2.75, 3.05) is 0 Å². The fraction of sp³-hybridized carbons (Fsp3) is 0.400. The Kier molecular flexibility index (Phi) is 4.53. The molecule has 3 nitrogen and oxygen atoms in total. The molecule has 1 N–H and O–H groups in total. The molecule has 0 saturated heterocycles. The van der Waals surface area contributed by atoms with E-state index in [1.165, 1.54) is 16.7 Å². The van der Waals surface area contributed by atoms with Gasteiger partial charge in [0.25, 0.3) is 0 Å². The average Bonchev–Trinajstić information content (AvgIpc) is 2.87. The first-order valence-electron chi connectivity index (χ1n) is 6.62. The Morgan fingerprint density at radius 3 is 2.56 bits per heavy atom. The molecule has 1 aromatic carbocycles. The second-order valence-electron chi connectivity index (χ2n) is 4.43. The van der Waals surface area contributed by atoms with E-state index in [9.17, 15) is 0 Å². The Morgan fingerprint density at radius 1 is 1.11 bits per heavy atom. The van der Waals surface area contributed by atoms with Gasteiger partial charge in [-0.15, -0.1) is 0 Å². The zero-order chi connectivity index (χ0) is 12.8. The first kappa shape index (κ1) is 12.8. The van der Waals surface area contributed by atoms with Gasteiger partial charge in [-0.2, -0.15) is 5.10 Å². The smallest absolute Gasteiger partial charge is 0.0534 e. The highest BCUT2D eigenvalue weighted by atomic mass is 15.3. The summed E-state index contributed by atoms with van der Waals surface area (Å²) in [5, 5.41) is 7.75. The third-order valence-corrected chi connectivity index (χ3v) is 3.15. The van der Waals surface area contributed by atoms with Gasteiger partial charge in [0.2, 0.25) is 0 Å². The van der Waals surface area contributed by atoms with Crippen LogP contribution in [0, 0.1) is 0 Å². The fourth-order valence-electron chi connectivity index (χ4n) is 2.09. The Morgan fingerprint density at radius 2 is 1.89 bits per heavy atom. The molecular formula is C15H21N3. The van der Waals surface area contributed by atoms with E-state index in [0.29, 0.717) is 0 Å². The summed E-state index contributed by atoms with van der Waals surface area (Å²) in [6.07, 6.45) is 5.12. The first-order chi connectivity index (χ1) is 8.83. The van der Waals surface area contributed by atoms with Crippen LogP contribution in [0.3, 0.4) is 0 Å². The Bertz CT molecular complexity index is 488. The number of hydrogen-bond donors (Lipinski definition) is 1. The predicted octanol–water partition coefficient (Wildman–Crippen LogP) is 2.76. The van der Waals surface area contributed by atoms with Gasteiger partial charge in [0.1, 0.15) is 0 Å². The van der Waals surface area contributed by atoms with Crippen molar-refractivity contribution >= 4 is 0 Å². The third-order valence-electron chi connectivity index (χ3n) is 3.15. The summed E-state index contributed by atoms with van der Waals surface area (Å²) in [4.78, 5) is 0. The van der Waals surface area contributed by atoms with Gasteiger partial charge < -0.3 is 5.32 Å². The molecule has 1 heterocycles. The van der Waals surface area contributed by atoms with E-state index in [1.54, 1.807) is 0 Å². The highest BCUT2D eigenvalue weighted by molar-refractivity contribution is 5.26. The maximum Gasteiger partial charge on any atom is 0.0534 e. The van der Waals surface area contributed by atoms with Crippen LogP contribution in [0.1, 0.15) is 30.5 Å². The van der Waals surface area contributed by atoms with Gasteiger partial charge in [-0.05, 0) is 24.5 Å². The molecule has 0 bridgehead atoms. The lowest BCUT2D eigenvalue weighted by Gasteiger charge is -2.08. The average molecular weight is 243 g/mol. The van der Waals surface area contributed by atoms with Crippen LogP contribution in [-0.2, 0) is 26.1 Å². The monoisotopic (exact) mass is 243 g/mol. The second-order valence-corrected chi connectivity index (χ2v) is 4.43. The van der Waals surface area contributed by atoms with Crippen molar-refractivity contribution in [1.82, 2.24) is 15.1 Å². The number of rotatable bonds is 6. The number of aromatic nitrogens is 2. The third kappa shape index (κ3) is 3.20. The number of nitrogens with one attached hydrogen (secondary N) is 1. The SMILES string of the molecule is CCc1ccccc1CNCc1cnn(CC)c1. The highest BCUT2D eigenvalue weighted by Gasteiger charge is 2.00. The molecule has 96 valence electrons. The zero-order valence-electron chi connectivity index (χ0n) is 11.2. The molecule has 2 aromatic rings. The van der Waals surface area contributed by atoms with Crippen LogP contribution in [0.4, 0.5) is 0 Å². The topological polar surface area (TPSA) is 29.9 Å². The standard InChI is InChI=1S/C15H21N3/c1-3-14-7-5-6-8-15(14)11-16-9-13-10-17-18(4-2)12-13/h5-8,10,12,16H,3-4,9,11H2,1-2H3. The molecule has 0 aliphatic heterocycles. The van der Waals surface area contributed by atoms with Gasteiger partial charge in [0, 0.05) is 31.4 Å². The number of nitrogens with zero attached hydrogens (tertiary/aromatic N) is 2. The van der Waals surface area contributed by atoms with Crippen LogP contribution in [0.25, 0.3) is 0 Å². The molecule has 0 aliphatic rings.